The van der Waals surface area contributed by atoms with E-state index >= 15 is 0 Å². The monoisotopic (exact) mass is 452 g/mol. The van der Waals surface area contributed by atoms with E-state index in [9.17, 15) is 14.4 Å². The summed E-state index contributed by atoms with van der Waals surface area (Å²) in [5.74, 6) is -0.214. The molecule has 1 atom stereocenters. The molecular formula is C24H28N4O3S. The number of thioether (sulfide) groups is 1. The smallest absolute Gasteiger partial charge is 0.240 e. The van der Waals surface area contributed by atoms with Gasteiger partial charge in [-0.15, -0.1) is 11.8 Å². The van der Waals surface area contributed by atoms with E-state index in [4.69, 9.17) is 0 Å². The number of benzene rings is 2. The van der Waals surface area contributed by atoms with Crippen molar-refractivity contribution >= 4 is 46.5 Å². The molecule has 3 amide bonds. The molecule has 2 aromatic rings. The molecule has 2 N–H and O–H groups in total. The number of rotatable bonds is 7. The third kappa shape index (κ3) is 5.43. The van der Waals surface area contributed by atoms with Crippen molar-refractivity contribution in [1.82, 2.24) is 5.32 Å². The molecule has 8 heteroatoms. The summed E-state index contributed by atoms with van der Waals surface area (Å²) in [5.41, 5.74) is 2.63. The van der Waals surface area contributed by atoms with Crippen molar-refractivity contribution in [2.24, 2.45) is 0 Å². The molecule has 0 saturated carbocycles. The van der Waals surface area contributed by atoms with E-state index in [1.165, 1.54) is 29.5 Å². The van der Waals surface area contributed by atoms with Crippen LogP contribution in [0.1, 0.15) is 26.2 Å². The largest absolute Gasteiger partial charge is 0.371 e. The van der Waals surface area contributed by atoms with Crippen LogP contribution in [0.5, 0.6) is 0 Å². The molecule has 1 fully saturated rings. The fraction of sp³-hybridized carbons (Fsp3) is 0.375. The minimum absolute atomic E-state index is 0.0553. The Hall–Kier alpha value is -3.00. The van der Waals surface area contributed by atoms with Crippen LogP contribution < -0.4 is 20.4 Å². The van der Waals surface area contributed by atoms with E-state index in [-0.39, 0.29) is 36.7 Å². The number of anilines is 3. The molecule has 2 aromatic carbocycles. The molecule has 0 radical (unpaired) electrons. The topological polar surface area (TPSA) is 81.8 Å². The summed E-state index contributed by atoms with van der Waals surface area (Å²) < 4.78 is 0. The van der Waals surface area contributed by atoms with E-state index in [0.717, 1.165) is 35.0 Å². The standard InChI is InChI=1S/C24H28N4O3S/c1-17(13-22(29)26-18-7-6-8-19(14-18)27-11-4-5-12-27)25-23(30)15-28-20-9-2-3-10-21(20)32-16-24(28)31/h2-3,6-10,14,17H,4-5,11-13,15-16H2,1H3,(H,25,30)(H,26,29). The molecule has 32 heavy (non-hydrogen) atoms. The Bertz CT molecular complexity index is 1010. The number of nitrogens with zero attached hydrogens (tertiary/aromatic N) is 2. The second-order valence-corrected chi connectivity index (χ2v) is 9.22. The van der Waals surface area contributed by atoms with Gasteiger partial charge in [-0.1, -0.05) is 18.2 Å². The van der Waals surface area contributed by atoms with E-state index in [2.05, 4.69) is 21.6 Å². The number of hydrogen-bond donors (Lipinski definition) is 2. The quantitative estimate of drug-likeness (QED) is 0.674. The number of nitrogens with one attached hydrogen (secondary N) is 2. The summed E-state index contributed by atoms with van der Waals surface area (Å²) in [6.07, 6.45) is 2.54. The third-order valence-corrected chi connectivity index (χ3v) is 6.66. The van der Waals surface area contributed by atoms with Gasteiger partial charge in [0.05, 0.1) is 11.4 Å². The lowest BCUT2D eigenvalue weighted by atomic mass is 10.2. The second-order valence-electron chi connectivity index (χ2n) is 8.20. The Labute approximate surface area is 192 Å². The molecule has 0 aromatic heterocycles. The van der Waals surface area contributed by atoms with Crippen molar-refractivity contribution in [3.8, 4) is 0 Å². The highest BCUT2D eigenvalue weighted by Crippen LogP contribution is 2.34. The molecular weight excluding hydrogens is 424 g/mol. The first-order chi connectivity index (χ1) is 15.5. The zero-order chi connectivity index (χ0) is 22.5. The maximum absolute atomic E-state index is 12.6. The molecule has 0 aliphatic carbocycles. The Morgan fingerprint density at radius 3 is 2.66 bits per heavy atom. The molecule has 1 unspecified atom stereocenters. The van der Waals surface area contributed by atoms with Crippen molar-refractivity contribution in [2.45, 2.75) is 37.1 Å². The summed E-state index contributed by atoms with van der Waals surface area (Å²) in [7, 11) is 0. The minimum atomic E-state index is -0.353. The highest BCUT2D eigenvalue weighted by Gasteiger charge is 2.26. The van der Waals surface area contributed by atoms with Crippen LogP contribution in [0, 0.1) is 0 Å². The van der Waals surface area contributed by atoms with E-state index < -0.39 is 0 Å². The van der Waals surface area contributed by atoms with Crippen LogP contribution >= 0.6 is 11.8 Å². The number of carbonyl (C=O) groups excluding carboxylic acids is 3. The highest BCUT2D eigenvalue weighted by molar-refractivity contribution is 8.00. The first kappa shape index (κ1) is 22.2. The Morgan fingerprint density at radius 2 is 1.84 bits per heavy atom. The van der Waals surface area contributed by atoms with Crippen LogP contribution in [0.25, 0.3) is 0 Å². The Morgan fingerprint density at radius 1 is 1.06 bits per heavy atom. The van der Waals surface area contributed by atoms with Crippen LogP contribution in [-0.4, -0.2) is 49.2 Å². The van der Waals surface area contributed by atoms with Crippen LogP contribution in [0.2, 0.25) is 0 Å². The summed E-state index contributed by atoms with van der Waals surface area (Å²) in [4.78, 5) is 42.2. The molecule has 168 valence electrons. The zero-order valence-electron chi connectivity index (χ0n) is 18.2. The fourth-order valence-electron chi connectivity index (χ4n) is 4.09. The van der Waals surface area contributed by atoms with Crippen molar-refractivity contribution in [3.05, 3.63) is 48.5 Å². The lowest BCUT2D eigenvalue weighted by molar-refractivity contribution is -0.123. The van der Waals surface area contributed by atoms with Crippen LogP contribution in [-0.2, 0) is 14.4 Å². The predicted molar refractivity (Wildman–Crippen MR) is 128 cm³/mol. The SMILES string of the molecule is CC(CC(=O)Nc1cccc(N2CCCC2)c1)NC(=O)CN1C(=O)CSc2ccccc21. The van der Waals surface area contributed by atoms with Gasteiger partial charge >= 0.3 is 0 Å². The second kappa shape index (κ2) is 10.1. The van der Waals surface area contributed by atoms with Gasteiger partial charge in [0.2, 0.25) is 17.7 Å². The first-order valence-electron chi connectivity index (χ1n) is 11.0. The number of carbonyl (C=O) groups is 3. The number of fused-ring (bicyclic) bond motifs is 1. The first-order valence-corrected chi connectivity index (χ1v) is 11.9. The fourth-order valence-corrected chi connectivity index (χ4v) is 5.02. The van der Waals surface area contributed by atoms with Crippen molar-refractivity contribution in [3.63, 3.8) is 0 Å². The Kier molecular flexibility index (Phi) is 6.99. The average molecular weight is 453 g/mol. The number of hydrogen-bond acceptors (Lipinski definition) is 5. The minimum Gasteiger partial charge on any atom is -0.371 e. The van der Waals surface area contributed by atoms with Gasteiger partial charge in [0.25, 0.3) is 0 Å². The zero-order valence-corrected chi connectivity index (χ0v) is 19.0. The number of para-hydroxylation sites is 1. The average Bonchev–Trinajstić information content (AvgIpc) is 3.31. The van der Waals surface area contributed by atoms with Crippen molar-refractivity contribution < 1.29 is 14.4 Å². The lowest BCUT2D eigenvalue weighted by Crippen LogP contribution is -2.46. The molecule has 1 saturated heterocycles. The van der Waals surface area contributed by atoms with Gasteiger partial charge in [-0.25, -0.2) is 0 Å². The summed E-state index contributed by atoms with van der Waals surface area (Å²) >= 11 is 1.48. The van der Waals surface area contributed by atoms with Gasteiger partial charge in [-0.2, -0.15) is 0 Å². The van der Waals surface area contributed by atoms with Crippen LogP contribution in [0.4, 0.5) is 17.1 Å². The van der Waals surface area contributed by atoms with E-state index in [1.54, 1.807) is 6.92 Å². The molecule has 2 aliphatic heterocycles. The molecule has 2 aliphatic rings. The maximum Gasteiger partial charge on any atom is 0.240 e. The maximum atomic E-state index is 12.6. The van der Waals surface area contributed by atoms with E-state index in [1.807, 2.05) is 42.5 Å². The predicted octanol–water partition coefficient (Wildman–Crippen LogP) is 3.26. The van der Waals surface area contributed by atoms with Gasteiger partial charge in [0.15, 0.2) is 0 Å². The van der Waals surface area contributed by atoms with Gasteiger partial charge in [-0.3, -0.25) is 14.4 Å². The van der Waals surface area contributed by atoms with Gasteiger partial charge in [-0.05, 0) is 50.1 Å². The van der Waals surface area contributed by atoms with Crippen LogP contribution in [0.15, 0.2) is 53.4 Å². The molecule has 0 bridgehead atoms. The third-order valence-electron chi connectivity index (χ3n) is 5.61. The van der Waals surface area contributed by atoms with E-state index in [0.29, 0.717) is 5.75 Å². The van der Waals surface area contributed by atoms with Crippen molar-refractivity contribution in [2.75, 3.05) is 40.5 Å². The summed E-state index contributed by atoms with van der Waals surface area (Å²) in [6, 6.07) is 15.1. The summed E-state index contributed by atoms with van der Waals surface area (Å²) in [5, 5.41) is 5.77. The molecule has 4 rings (SSSR count). The number of amides is 3. The summed E-state index contributed by atoms with van der Waals surface area (Å²) in [6.45, 7) is 3.83. The van der Waals surface area contributed by atoms with Gasteiger partial charge in [0, 0.05) is 41.8 Å². The molecule has 2 heterocycles. The normalized spacial score (nSPS) is 16.5. The highest BCUT2D eigenvalue weighted by atomic mass is 32.2. The van der Waals surface area contributed by atoms with Gasteiger partial charge < -0.3 is 20.4 Å². The lowest BCUT2D eigenvalue weighted by Gasteiger charge is -2.28. The van der Waals surface area contributed by atoms with Gasteiger partial charge in [0.1, 0.15) is 6.54 Å². The molecule has 0 spiro atoms. The molecule has 7 nitrogen and oxygen atoms in total. The Balaban J connectivity index is 1.28. The van der Waals surface area contributed by atoms with Crippen molar-refractivity contribution in [1.29, 1.82) is 0 Å². The van der Waals surface area contributed by atoms with Crippen LogP contribution in [0.3, 0.4) is 0 Å².